The van der Waals surface area contributed by atoms with Crippen molar-refractivity contribution >= 4 is 40.5 Å². The lowest BCUT2D eigenvalue weighted by atomic mass is 10.1. The van der Waals surface area contributed by atoms with Crippen molar-refractivity contribution in [3.05, 3.63) is 79.9 Å². The molecule has 1 aliphatic heterocycles. The molecule has 2 aromatic carbocycles. The summed E-state index contributed by atoms with van der Waals surface area (Å²) in [6.07, 6.45) is 0.545. The maximum atomic E-state index is 13.9. The van der Waals surface area contributed by atoms with Gasteiger partial charge >= 0.3 is 0 Å². The molecular weight excluding hydrogens is 534 g/mol. The largest absolute Gasteiger partial charge is 0.494 e. The molecule has 11 heteroatoms. The normalized spacial score (nSPS) is 14.7. The van der Waals surface area contributed by atoms with Gasteiger partial charge in [-0.1, -0.05) is 30.1 Å². The SMILES string of the molecule is CCN1CCN(c2ccc(NC(=O)c3cc(O[C@H](C)c4c(Cl)ccc(F)c4Cl)c[nH]c3=O)c(OC)c2)CC1. The quantitative estimate of drug-likeness (QED) is 0.359. The lowest BCUT2D eigenvalue weighted by Crippen LogP contribution is -2.46. The molecule has 8 nitrogen and oxygen atoms in total. The highest BCUT2D eigenvalue weighted by molar-refractivity contribution is 6.36. The van der Waals surface area contributed by atoms with Crippen LogP contribution in [-0.4, -0.2) is 55.6 Å². The number of piperazine rings is 1. The third-order valence-electron chi connectivity index (χ3n) is 6.54. The summed E-state index contributed by atoms with van der Waals surface area (Å²) in [6, 6.07) is 9.39. The topological polar surface area (TPSA) is 86.9 Å². The van der Waals surface area contributed by atoms with E-state index in [0.29, 0.717) is 11.4 Å². The van der Waals surface area contributed by atoms with Crippen molar-refractivity contribution < 1.29 is 18.7 Å². The first-order chi connectivity index (χ1) is 18.2. The van der Waals surface area contributed by atoms with Gasteiger partial charge in [0, 0.05) is 60.8 Å². The third-order valence-corrected chi connectivity index (χ3v) is 7.25. The van der Waals surface area contributed by atoms with E-state index < -0.39 is 23.4 Å². The molecule has 1 saturated heterocycles. The molecule has 38 heavy (non-hydrogen) atoms. The number of ether oxygens (including phenoxy) is 2. The Morgan fingerprint density at radius 2 is 1.89 bits per heavy atom. The fraction of sp³-hybridized carbons (Fsp3) is 0.333. The summed E-state index contributed by atoms with van der Waals surface area (Å²) in [7, 11) is 1.52. The van der Waals surface area contributed by atoms with Gasteiger partial charge in [-0.15, -0.1) is 0 Å². The summed E-state index contributed by atoms with van der Waals surface area (Å²) < 4.78 is 25.3. The molecule has 2 N–H and O–H groups in total. The minimum Gasteiger partial charge on any atom is -0.494 e. The van der Waals surface area contributed by atoms with E-state index in [4.69, 9.17) is 32.7 Å². The first-order valence-electron chi connectivity index (χ1n) is 12.2. The first kappa shape index (κ1) is 27.8. The highest BCUT2D eigenvalue weighted by Gasteiger charge is 2.21. The van der Waals surface area contributed by atoms with E-state index in [1.807, 2.05) is 12.1 Å². The lowest BCUT2D eigenvalue weighted by Gasteiger charge is -2.35. The van der Waals surface area contributed by atoms with Crippen LogP contribution in [0, 0.1) is 5.82 Å². The molecule has 0 saturated carbocycles. The minimum absolute atomic E-state index is 0.157. The predicted molar refractivity (Wildman–Crippen MR) is 148 cm³/mol. The Morgan fingerprint density at radius 1 is 1.16 bits per heavy atom. The number of amides is 1. The molecule has 0 radical (unpaired) electrons. The van der Waals surface area contributed by atoms with E-state index in [2.05, 4.69) is 27.0 Å². The van der Waals surface area contributed by atoms with Crippen LogP contribution in [0.3, 0.4) is 0 Å². The van der Waals surface area contributed by atoms with E-state index in [1.165, 1.54) is 25.4 Å². The molecule has 1 atom stereocenters. The second-order valence-corrected chi connectivity index (χ2v) is 9.64. The zero-order valence-corrected chi connectivity index (χ0v) is 22.8. The minimum atomic E-state index is -0.764. The number of H-pyrrole nitrogens is 1. The van der Waals surface area contributed by atoms with Gasteiger partial charge in [0.15, 0.2) is 0 Å². The molecule has 3 aromatic rings. The number of pyridine rings is 1. The number of methoxy groups -OCH3 is 1. The van der Waals surface area contributed by atoms with Crippen molar-refractivity contribution in [2.45, 2.75) is 20.0 Å². The monoisotopic (exact) mass is 562 g/mol. The molecule has 0 aliphatic carbocycles. The van der Waals surface area contributed by atoms with Crippen molar-refractivity contribution in [1.82, 2.24) is 9.88 Å². The number of aromatic amines is 1. The maximum absolute atomic E-state index is 13.9. The van der Waals surface area contributed by atoms with Crippen molar-refractivity contribution in [2.75, 3.05) is 50.1 Å². The van der Waals surface area contributed by atoms with Gasteiger partial charge in [-0.05, 0) is 37.7 Å². The van der Waals surface area contributed by atoms with Gasteiger partial charge in [0.1, 0.15) is 29.0 Å². The van der Waals surface area contributed by atoms with Gasteiger partial charge in [0.25, 0.3) is 11.5 Å². The highest BCUT2D eigenvalue weighted by Crippen LogP contribution is 2.35. The van der Waals surface area contributed by atoms with Gasteiger partial charge in [0.05, 0.1) is 17.8 Å². The zero-order valence-electron chi connectivity index (χ0n) is 21.3. The average molecular weight is 563 g/mol. The molecule has 202 valence electrons. The molecule has 0 bridgehead atoms. The van der Waals surface area contributed by atoms with Gasteiger partial charge < -0.3 is 29.6 Å². The fourth-order valence-electron chi connectivity index (χ4n) is 4.37. The average Bonchev–Trinajstić information content (AvgIpc) is 2.92. The number of carbonyl (C=O) groups excluding carboxylic acids is 1. The summed E-state index contributed by atoms with van der Waals surface area (Å²) in [5.41, 5.74) is 0.895. The molecule has 0 unspecified atom stereocenters. The van der Waals surface area contributed by atoms with Gasteiger partial charge in [-0.25, -0.2) is 4.39 Å². The Bertz CT molecular complexity index is 1380. The van der Waals surface area contributed by atoms with Crippen LogP contribution in [0.1, 0.15) is 35.9 Å². The van der Waals surface area contributed by atoms with E-state index in [9.17, 15) is 14.0 Å². The van der Waals surface area contributed by atoms with E-state index in [-0.39, 0.29) is 26.9 Å². The first-order valence-corrected chi connectivity index (χ1v) is 13.0. The molecule has 2 heterocycles. The summed E-state index contributed by atoms with van der Waals surface area (Å²) in [5, 5.41) is 2.82. The molecule has 1 amide bonds. The van der Waals surface area contributed by atoms with Crippen molar-refractivity contribution in [3.8, 4) is 11.5 Å². The van der Waals surface area contributed by atoms with Crippen LogP contribution in [0.4, 0.5) is 15.8 Å². The standard InChI is InChI=1S/C27H29Cl2FN4O4/c1-4-33-9-11-34(12-10-33)17-5-8-22(23(13-17)37-3)32-27(36)19-14-18(15-31-26(19)35)38-16(2)24-20(28)6-7-21(30)25(24)29/h5-8,13-16H,4,9-12H2,1-3H3,(H,31,35)(H,32,36)/t16-/m1/s1. The molecule has 1 aliphatic rings. The Balaban J connectivity index is 1.51. The summed E-state index contributed by atoms with van der Waals surface area (Å²) in [4.78, 5) is 32.7. The summed E-state index contributed by atoms with van der Waals surface area (Å²) in [5.74, 6) is -0.631. The fourth-order valence-corrected chi connectivity index (χ4v) is 5.05. The van der Waals surface area contributed by atoms with Crippen LogP contribution in [0.2, 0.25) is 10.0 Å². The second kappa shape index (κ2) is 12.1. The highest BCUT2D eigenvalue weighted by atomic mass is 35.5. The Kier molecular flexibility index (Phi) is 8.81. The van der Waals surface area contributed by atoms with E-state index >= 15 is 0 Å². The van der Waals surface area contributed by atoms with Crippen molar-refractivity contribution in [1.29, 1.82) is 0 Å². The third kappa shape index (κ3) is 6.06. The number of benzene rings is 2. The predicted octanol–water partition coefficient (Wildman–Crippen LogP) is 5.36. The van der Waals surface area contributed by atoms with Gasteiger partial charge in [0.2, 0.25) is 0 Å². The number of rotatable bonds is 8. The second-order valence-electron chi connectivity index (χ2n) is 8.86. The number of likely N-dealkylation sites (N-methyl/N-ethyl adjacent to an activating group) is 1. The van der Waals surface area contributed by atoms with Crippen molar-refractivity contribution in [3.63, 3.8) is 0 Å². The molecule has 0 spiro atoms. The van der Waals surface area contributed by atoms with Crippen LogP contribution in [0.5, 0.6) is 11.5 Å². The number of hydrogen-bond acceptors (Lipinski definition) is 6. The van der Waals surface area contributed by atoms with Crippen LogP contribution in [-0.2, 0) is 0 Å². The maximum Gasteiger partial charge on any atom is 0.261 e. The number of halogens is 3. The number of hydrogen-bond donors (Lipinski definition) is 2. The number of nitrogens with one attached hydrogen (secondary N) is 2. The summed E-state index contributed by atoms with van der Waals surface area (Å²) in [6.45, 7) is 8.57. The van der Waals surface area contributed by atoms with Crippen LogP contribution >= 0.6 is 23.2 Å². The van der Waals surface area contributed by atoms with Crippen LogP contribution in [0.15, 0.2) is 47.4 Å². The Labute approximate surface area is 230 Å². The lowest BCUT2D eigenvalue weighted by molar-refractivity contribution is 0.102. The number of nitrogens with zero attached hydrogens (tertiary/aromatic N) is 2. The van der Waals surface area contributed by atoms with Gasteiger partial charge in [-0.2, -0.15) is 0 Å². The van der Waals surface area contributed by atoms with E-state index in [0.717, 1.165) is 44.5 Å². The van der Waals surface area contributed by atoms with Crippen molar-refractivity contribution in [2.24, 2.45) is 0 Å². The smallest absolute Gasteiger partial charge is 0.261 e. The van der Waals surface area contributed by atoms with Gasteiger partial charge in [-0.3, -0.25) is 9.59 Å². The number of aromatic nitrogens is 1. The zero-order chi connectivity index (χ0) is 27.4. The molecule has 4 rings (SSSR count). The number of carbonyl (C=O) groups is 1. The van der Waals surface area contributed by atoms with E-state index in [1.54, 1.807) is 13.0 Å². The molecule has 1 fully saturated rings. The van der Waals surface area contributed by atoms with Crippen LogP contribution < -0.4 is 25.2 Å². The Hall–Kier alpha value is -3.27. The Morgan fingerprint density at radius 3 is 2.58 bits per heavy atom. The van der Waals surface area contributed by atoms with Crippen LogP contribution in [0.25, 0.3) is 0 Å². The molecule has 1 aromatic heterocycles. The summed E-state index contributed by atoms with van der Waals surface area (Å²) >= 11 is 12.3. The number of anilines is 2. The molecular formula is C27H29Cl2FN4O4.